The molecule has 3 heterocycles. The average Bonchev–Trinajstić information content (AvgIpc) is 2.74. The molecule has 198 valence electrons. The average molecular weight is 516 g/mol. The van der Waals surface area contributed by atoms with Crippen LogP contribution in [0.4, 0.5) is 19.4 Å². The van der Waals surface area contributed by atoms with Crippen LogP contribution in [0.3, 0.4) is 0 Å². The van der Waals surface area contributed by atoms with E-state index in [1.54, 1.807) is 46.8 Å². The summed E-state index contributed by atoms with van der Waals surface area (Å²) >= 11 is 0. The van der Waals surface area contributed by atoms with E-state index in [0.29, 0.717) is 17.0 Å². The molecule has 1 saturated heterocycles. The van der Waals surface area contributed by atoms with Gasteiger partial charge in [-0.15, -0.1) is 0 Å². The van der Waals surface area contributed by atoms with Gasteiger partial charge in [-0.1, -0.05) is 18.2 Å². The number of amides is 1. The Bertz CT molecular complexity index is 1380. The first-order valence-corrected chi connectivity index (χ1v) is 12.1. The normalized spacial score (nSPS) is 15.7. The number of carbonyl (C=O) groups excluding carboxylic acids is 1. The lowest BCUT2D eigenvalue weighted by Crippen LogP contribution is -2.57. The highest BCUT2D eigenvalue weighted by Crippen LogP contribution is 2.30. The van der Waals surface area contributed by atoms with Gasteiger partial charge in [0.05, 0.1) is 24.5 Å². The minimum absolute atomic E-state index is 0.0178. The van der Waals surface area contributed by atoms with E-state index < -0.39 is 35.3 Å². The summed E-state index contributed by atoms with van der Waals surface area (Å²) in [7, 11) is 0. The highest BCUT2D eigenvalue weighted by molar-refractivity contribution is 5.87. The standard InChI is InChI=1S/C26H31F2N5O4/c1-13(27)17-8-7-9-18(21(17)28)14(2)29-22-19-10-20(24(34)32-23(19)31-15(3)30-22)36-16-11-33(12-16)25(35)37-26(4,5)6/h7-10,13-14,16H,11-12H2,1-6H3,(H2,29,30,31,32,34)/t13?,14-/m1/s1. The quantitative estimate of drug-likeness (QED) is 0.477. The minimum Gasteiger partial charge on any atom is -0.481 e. The van der Waals surface area contributed by atoms with Crippen molar-refractivity contribution in [3.05, 3.63) is 57.4 Å². The molecule has 4 rings (SSSR count). The van der Waals surface area contributed by atoms with Crippen LogP contribution in [0.25, 0.3) is 11.0 Å². The summed E-state index contributed by atoms with van der Waals surface area (Å²) in [6, 6.07) is 5.56. The van der Waals surface area contributed by atoms with Crippen molar-refractivity contribution in [1.29, 1.82) is 0 Å². The lowest BCUT2D eigenvalue weighted by atomic mass is 10.0. The smallest absolute Gasteiger partial charge is 0.410 e. The Balaban J connectivity index is 1.56. The SMILES string of the molecule is Cc1nc(N[C@H](C)c2cccc(C(C)F)c2F)c2cc(OC3CN(C(=O)OC(C)(C)C)C3)c(=O)[nH]c2n1. The number of fused-ring (bicyclic) bond motifs is 1. The molecular weight excluding hydrogens is 484 g/mol. The molecule has 3 aromatic rings. The van der Waals surface area contributed by atoms with Crippen molar-refractivity contribution in [3.8, 4) is 5.75 Å². The fourth-order valence-corrected chi connectivity index (χ4v) is 4.04. The fourth-order valence-electron chi connectivity index (χ4n) is 4.04. The van der Waals surface area contributed by atoms with Gasteiger partial charge in [0.15, 0.2) is 5.75 Å². The number of alkyl halides is 1. The molecule has 1 amide bonds. The number of aryl methyl sites for hydroxylation is 1. The number of carbonyl (C=O) groups is 1. The summed E-state index contributed by atoms with van der Waals surface area (Å²) in [5.41, 5.74) is -0.531. The number of H-pyrrole nitrogens is 1. The molecule has 1 fully saturated rings. The van der Waals surface area contributed by atoms with Crippen molar-refractivity contribution in [2.75, 3.05) is 18.4 Å². The molecular formula is C26H31F2N5O4. The predicted molar refractivity (Wildman–Crippen MR) is 135 cm³/mol. The number of benzene rings is 1. The molecule has 0 radical (unpaired) electrons. The van der Waals surface area contributed by atoms with E-state index in [1.807, 2.05) is 0 Å². The zero-order valence-corrected chi connectivity index (χ0v) is 21.7. The van der Waals surface area contributed by atoms with Gasteiger partial charge in [-0.2, -0.15) is 0 Å². The van der Waals surface area contributed by atoms with E-state index in [2.05, 4.69) is 20.3 Å². The van der Waals surface area contributed by atoms with Crippen LogP contribution in [-0.4, -0.2) is 50.7 Å². The molecule has 37 heavy (non-hydrogen) atoms. The first-order chi connectivity index (χ1) is 17.3. The van der Waals surface area contributed by atoms with E-state index in [9.17, 15) is 18.4 Å². The highest BCUT2D eigenvalue weighted by atomic mass is 19.1. The molecule has 1 aliphatic heterocycles. The van der Waals surface area contributed by atoms with Gasteiger partial charge < -0.3 is 24.7 Å². The van der Waals surface area contributed by atoms with Crippen LogP contribution in [0.5, 0.6) is 5.75 Å². The van der Waals surface area contributed by atoms with Crippen molar-refractivity contribution >= 4 is 22.9 Å². The highest BCUT2D eigenvalue weighted by Gasteiger charge is 2.35. The topological polar surface area (TPSA) is 109 Å². The Hall–Kier alpha value is -3.76. The molecule has 2 N–H and O–H groups in total. The first-order valence-electron chi connectivity index (χ1n) is 12.1. The fraction of sp³-hybridized carbons (Fsp3) is 0.462. The Morgan fingerprint density at radius 1 is 1.22 bits per heavy atom. The van der Waals surface area contributed by atoms with Gasteiger partial charge >= 0.3 is 6.09 Å². The van der Waals surface area contributed by atoms with Gasteiger partial charge in [0.1, 0.15) is 41.0 Å². The van der Waals surface area contributed by atoms with Gasteiger partial charge in [0.25, 0.3) is 5.56 Å². The number of aromatic nitrogens is 3. The summed E-state index contributed by atoms with van der Waals surface area (Å²) in [5.74, 6) is 0.178. The van der Waals surface area contributed by atoms with Crippen LogP contribution in [0.15, 0.2) is 29.1 Å². The van der Waals surface area contributed by atoms with Gasteiger partial charge in [-0.05, 0) is 41.5 Å². The molecule has 0 aliphatic carbocycles. The van der Waals surface area contributed by atoms with Crippen molar-refractivity contribution < 1.29 is 23.0 Å². The summed E-state index contributed by atoms with van der Waals surface area (Å²) in [5, 5.41) is 3.62. The number of rotatable bonds is 6. The molecule has 1 aromatic carbocycles. The number of anilines is 1. The zero-order chi connectivity index (χ0) is 27.1. The number of hydrogen-bond acceptors (Lipinski definition) is 7. The maximum Gasteiger partial charge on any atom is 0.410 e. The molecule has 11 heteroatoms. The number of nitrogens with one attached hydrogen (secondary N) is 2. The van der Waals surface area contributed by atoms with Crippen molar-refractivity contribution in [2.45, 2.75) is 65.5 Å². The van der Waals surface area contributed by atoms with Crippen LogP contribution in [0, 0.1) is 12.7 Å². The molecule has 1 aliphatic rings. The number of aromatic amines is 1. The second-order valence-corrected chi connectivity index (χ2v) is 10.2. The van der Waals surface area contributed by atoms with Crippen LogP contribution in [0.1, 0.15) is 63.8 Å². The maximum absolute atomic E-state index is 14.9. The molecule has 2 atom stereocenters. The number of hydrogen-bond donors (Lipinski definition) is 2. The molecule has 0 spiro atoms. The number of nitrogens with zero attached hydrogens (tertiary/aromatic N) is 3. The molecule has 0 saturated carbocycles. The second-order valence-electron chi connectivity index (χ2n) is 10.2. The predicted octanol–water partition coefficient (Wildman–Crippen LogP) is 4.97. The van der Waals surface area contributed by atoms with E-state index in [-0.39, 0.29) is 41.7 Å². The molecule has 1 unspecified atom stereocenters. The summed E-state index contributed by atoms with van der Waals surface area (Å²) in [6.45, 7) is 10.6. The number of ether oxygens (including phenoxy) is 2. The Labute approximate surface area is 213 Å². The van der Waals surface area contributed by atoms with Crippen molar-refractivity contribution in [3.63, 3.8) is 0 Å². The Morgan fingerprint density at radius 2 is 1.89 bits per heavy atom. The Morgan fingerprint density at radius 3 is 2.54 bits per heavy atom. The van der Waals surface area contributed by atoms with E-state index in [1.165, 1.54) is 24.0 Å². The summed E-state index contributed by atoms with van der Waals surface area (Å²) in [6.07, 6.45) is -2.27. The monoisotopic (exact) mass is 515 g/mol. The van der Waals surface area contributed by atoms with E-state index >= 15 is 0 Å². The maximum atomic E-state index is 14.9. The minimum atomic E-state index is -1.45. The first kappa shape index (κ1) is 26.3. The number of likely N-dealkylation sites (tertiary alicyclic amines) is 1. The second kappa shape index (κ2) is 9.95. The third-order valence-electron chi connectivity index (χ3n) is 5.89. The Kier molecular flexibility index (Phi) is 7.07. The van der Waals surface area contributed by atoms with Crippen LogP contribution >= 0.6 is 0 Å². The molecule has 0 bridgehead atoms. The zero-order valence-electron chi connectivity index (χ0n) is 21.7. The third-order valence-corrected chi connectivity index (χ3v) is 5.89. The lowest BCUT2D eigenvalue weighted by molar-refractivity contribution is -0.0224. The van der Waals surface area contributed by atoms with Gasteiger partial charge in [0.2, 0.25) is 0 Å². The van der Waals surface area contributed by atoms with Gasteiger partial charge in [-0.25, -0.2) is 23.5 Å². The van der Waals surface area contributed by atoms with Crippen molar-refractivity contribution in [2.24, 2.45) is 0 Å². The number of pyridine rings is 1. The van der Waals surface area contributed by atoms with Crippen LogP contribution in [0.2, 0.25) is 0 Å². The number of halogens is 2. The van der Waals surface area contributed by atoms with E-state index in [0.717, 1.165) is 0 Å². The van der Waals surface area contributed by atoms with Crippen LogP contribution < -0.4 is 15.6 Å². The molecule has 9 nitrogen and oxygen atoms in total. The largest absolute Gasteiger partial charge is 0.481 e. The molecule has 2 aromatic heterocycles. The van der Waals surface area contributed by atoms with Gasteiger partial charge in [-0.3, -0.25) is 4.79 Å². The third kappa shape index (κ3) is 5.81. The van der Waals surface area contributed by atoms with E-state index in [4.69, 9.17) is 9.47 Å². The van der Waals surface area contributed by atoms with Gasteiger partial charge in [0, 0.05) is 17.2 Å². The summed E-state index contributed by atoms with van der Waals surface area (Å²) < 4.78 is 40.0. The van der Waals surface area contributed by atoms with Crippen LogP contribution in [-0.2, 0) is 4.74 Å². The lowest BCUT2D eigenvalue weighted by Gasteiger charge is -2.39. The summed E-state index contributed by atoms with van der Waals surface area (Å²) in [4.78, 5) is 37.8. The van der Waals surface area contributed by atoms with Crippen molar-refractivity contribution in [1.82, 2.24) is 19.9 Å².